The lowest BCUT2D eigenvalue weighted by atomic mass is 10.1. The normalized spacial score (nSPS) is 10.4. The molecule has 0 unspecified atom stereocenters. The van der Waals surface area contributed by atoms with Gasteiger partial charge in [0.2, 0.25) is 0 Å². The van der Waals surface area contributed by atoms with Crippen LogP contribution in [0.1, 0.15) is 11.1 Å². The highest BCUT2D eigenvalue weighted by atomic mass is 35.5. The van der Waals surface area contributed by atoms with Gasteiger partial charge in [0.05, 0.1) is 5.88 Å². The number of hydrogen-bond donors (Lipinski definition) is 0. The van der Waals surface area contributed by atoms with E-state index in [2.05, 4.69) is 24.1 Å². The fourth-order valence-corrected chi connectivity index (χ4v) is 2.57. The van der Waals surface area contributed by atoms with Gasteiger partial charge in [0.15, 0.2) is 0 Å². The van der Waals surface area contributed by atoms with Gasteiger partial charge in [-0.15, -0.1) is 11.6 Å². The van der Waals surface area contributed by atoms with Crippen LogP contribution < -0.4 is 4.90 Å². The lowest BCUT2D eigenvalue weighted by Gasteiger charge is -2.22. The molecule has 94 valence electrons. The third-order valence-electron chi connectivity index (χ3n) is 2.90. The number of halogens is 2. The summed E-state index contributed by atoms with van der Waals surface area (Å²) in [7, 11) is 2.05. The molecule has 0 saturated heterocycles. The lowest BCUT2D eigenvalue weighted by Crippen LogP contribution is -2.17. The molecule has 18 heavy (non-hydrogen) atoms. The van der Waals surface area contributed by atoms with Crippen molar-refractivity contribution in [1.82, 2.24) is 0 Å². The van der Waals surface area contributed by atoms with Crippen molar-refractivity contribution >= 4 is 28.9 Å². The minimum atomic E-state index is 0.425. The van der Waals surface area contributed by atoms with Gasteiger partial charge >= 0.3 is 0 Å². The summed E-state index contributed by atoms with van der Waals surface area (Å²) in [5, 5.41) is 0.724. The lowest BCUT2D eigenvalue weighted by molar-refractivity contribution is 0.916. The van der Waals surface area contributed by atoms with Crippen LogP contribution in [0.15, 0.2) is 48.5 Å². The second-order valence-corrected chi connectivity index (χ2v) is 4.89. The molecule has 0 aliphatic carbocycles. The third-order valence-corrected chi connectivity index (χ3v) is 3.52. The number of alkyl halides is 1. The first-order chi connectivity index (χ1) is 8.72. The third kappa shape index (κ3) is 2.98. The molecule has 0 spiro atoms. The van der Waals surface area contributed by atoms with E-state index in [1.807, 2.05) is 36.4 Å². The molecular formula is C15H15Cl2N. The van der Waals surface area contributed by atoms with Crippen molar-refractivity contribution in [1.29, 1.82) is 0 Å². The first-order valence-corrected chi connectivity index (χ1v) is 6.72. The standard InChI is InChI=1S/C15H15Cl2N/c1-18(11-12-6-3-2-4-7-12)15-9-5-8-14(17)13(15)10-16/h2-9H,10-11H2,1H3. The summed E-state index contributed by atoms with van der Waals surface area (Å²) >= 11 is 12.1. The Balaban J connectivity index is 2.24. The van der Waals surface area contributed by atoms with Gasteiger partial charge in [0, 0.05) is 29.9 Å². The molecule has 0 aromatic heterocycles. The average molecular weight is 280 g/mol. The van der Waals surface area contributed by atoms with Gasteiger partial charge in [-0.1, -0.05) is 48.0 Å². The highest BCUT2D eigenvalue weighted by Crippen LogP contribution is 2.29. The van der Waals surface area contributed by atoms with E-state index in [0.29, 0.717) is 5.88 Å². The minimum Gasteiger partial charge on any atom is -0.370 e. The number of nitrogens with zero attached hydrogens (tertiary/aromatic N) is 1. The van der Waals surface area contributed by atoms with Crippen molar-refractivity contribution in [3.8, 4) is 0 Å². The van der Waals surface area contributed by atoms with E-state index in [1.54, 1.807) is 0 Å². The van der Waals surface area contributed by atoms with Crippen molar-refractivity contribution in [3.05, 3.63) is 64.7 Å². The molecule has 0 saturated carbocycles. The summed E-state index contributed by atoms with van der Waals surface area (Å²) in [5.74, 6) is 0.425. The Morgan fingerprint density at radius 3 is 2.39 bits per heavy atom. The number of rotatable bonds is 4. The molecule has 0 radical (unpaired) electrons. The molecule has 0 aliphatic heterocycles. The maximum absolute atomic E-state index is 6.17. The Labute approximate surface area is 118 Å². The van der Waals surface area contributed by atoms with Crippen LogP contribution in [0, 0.1) is 0 Å². The summed E-state index contributed by atoms with van der Waals surface area (Å²) in [6.07, 6.45) is 0. The molecule has 0 N–H and O–H groups in total. The van der Waals surface area contributed by atoms with E-state index in [4.69, 9.17) is 23.2 Å². The number of hydrogen-bond acceptors (Lipinski definition) is 1. The van der Waals surface area contributed by atoms with Gasteiger partial charge in [-0.25, -0.2) is 0 Å². The van der Waals surface area contributed by atoms with Gasteiger partial charge in [-0.3, -0.25) is 0 Å². The fraction of sp³-hybridized carbons (Fsp3) is 0.200. The van der Waals surface area contributed by atoms with Gasteiger partial charge in [-0.05, 0) is 17.7 Å². The Hall–Kier alpha value is -1.18. The number of anilines is 1. The van der Waals surface area contributed by atoms with Crippen LogP contribution in [0.4, 0.5) is 5.69 Å². The van der Waals surface area contributed by atoms with E-state index in [9.17, 15) is 0 Å². The molecule has 0 atom stereocenters. The summed E-state index contributed by atoms with van der Waals surface area (Å²) in [6.45, 7) is 0.838. The Kier molecular flexibility index (Phi) is 4.51. The van der Waals surface area contributed by atoms with E-state index in [-0.39, 0.29) is 0 Å². The molecule has 2 rings (SSSR count). The summed E-state index contributed by atoms with van der Waals surface area (Å²) in [4.78, 5) is 2.17. The van der Waals surface area contributed by atoms with Crippen LogP contribution in [0.5, 0.6) is 0 Å². The highest BCUT2D eigenvalue weighted by molar-refractivity contribution is 6.32. The van der Waals surface area contributed by atoms with Crippen molar-refractivity contribution < 1.29 is 0 Å². The largest absolute Gasteiger partial charge is 0.370 e. The van der Waals surface area contributed by atoms with Crippen molar-refractivity contribution in [2.45, 2.75) is 12.4 Å². The maximum Gasteiger partial charge on any atom is 0.0509 e. The average Bonchev–Trinajstić information content (AvgIpc) is 2.39. The molecule has 3 heteroatoms. The van der Waals surface area contributed by atoms with Crippen LogP contribution in [0.2, 0.25) is 5.02 Å². The molecule has 0 aliphatic rings. The fourth-order valence-electron chi connectivity index (χ4n) is 1.98. The van der Waals surface area contributed by atoms with E-state index < -0.39 is 0 Å². The monoisotopic (exact) mass is 279 g/mol. The smallest absolute Gasteiger partial charge is 0.0509 e. The van der Waals surface area contributed by atoms with Crippen LogP contribution in [-0.4, -0.2) is 7.05 Å². The van der Waals surface area contributed by atoms with Crippen molar-refractivity contribution in [3.63, 3.8) is 0 Å². The van der Waals surface area contributed by atoms with Crippen LogP contribution in [0.3, 0.4) is 0 Å². The minimum absolute atomic E-state index is 0.425. The first-order valence-electron chi connectivity index (χ1n) is 5.81. The maximum atomic E-state index is 6.17. The van der Waals surface area contributed by atoms with Crippen LogP contribution >= 0.6 is 23.2 Å². The van der Waals surface area contributed by atoms with E-state index >= 15 is 0 Å². The predicted molar refractivity (Wildman–Crippen MR) is 79.6 cm³/mol. The first kappa shape index (κ1) is 13.3. The SMILES string of the molecule is CN(Cc1ccccc1)c1cccc(Cl)c1CCl. The van der Waals surface area contributed by atoms with Gasteiger partial charge in [0.25, 0.3) is 0 Å². The van der Waals surface area contributed by atoms with E-state index in [1.165, 1.54) is 5.56 Å². The van der Waals surface area contributed by atoms with Crippen molar-refractivity contribution in [2.24, 2.45) is 0 Å². The highest BCUT2D eigenvalue weighted by Gasteiger charge is 2.10. The van der Waals surface area contributed by atoms with Crippen LogP contribution in [-0.2, 0) is 12.4 Å². The topological polar surface area (TPSA) is 3.24 Å². The quantitative estimate of drug-likeness (QED) is 0.733. The van der Waals surface area contributed by atoms with Crippen molar-refractivity contribution in [2.75, 3.05) is 11.9 Å². The molecule has 1 nitrogen and oxygen atoms in total. The molecule has 0 heterocycles. The summed E-state index contributed by atoms with van der Waals surface area (Å²) < 4.78 is 0. The van der Waals surface area contributed by atoms with Gasteiger partial charge < -0.3 is 4.90 Å². The molecular weight excluding hydrogens is 265 g/mol. The zero-order valence-corrected chi connectivity index (χ0v) is 11.7. The summed E-state index contributed by atoms with van der Waals surface area (Å²) in [5.41, 5.74) is 3.33. The molecule has 0 amide bonds. The summed E-state index contributed by atoms with van der Waals surface area (Å²) in [6, 6.07) is 16.2. The Morgan fingerprint density at radius 2 is 1.72 bits per heavy atom. The Bertz CT molecular complexity index is 511. The second kappa shape index (κ2) is 6.12. The number of benzene rings is 2. The molecule has 0 bridgehead atoms. The molecule has 2 aromatic rings. The second-order valence-electron chi connectivity index (χ2n) is 4.21. The zero-order valence-electron chi connectivity index (χ0n) is 10.2. The molecule has 0 fully saturated rings. The van der Waals surface area contributed by atoms with Crippen LogP contribution in [0.25, 0.3) is 0 Å². The predicted octanol–water partition coefficient (Wildman–Crippen LogP) is 4.72. The van der Waals surface area contributed by atoms with Gasteiger partial charge in [0.1, 0.15) is 0 Å². The van der Waals surface area contributed by atoms with Gasteiger partial charge in [-0.2, -0.15) is 0 Å². The Morgan fingerprint density at radius 1 is 1.00 bits per heavy atom. The van der Waals surface area contributed by atoms with E-state index in [0.717, 1.165) is 22.8 Å². The molecule has 2 aromatic carbocycles. The zero-order chi connectivity index (χ0) is 13.0.